The van der Waals surface area contributed by atoms with Crippen LogP contribution in [0, 0.1) is 6.92 Å². The molecular weight excluding hydrogens is 308 g/mol. The van der Waals surface area contributed by atoms with Crippen molar-refractivity contribution in [2.45, 2.75) is 25.7 Å². The van der Waals surface area contributed by atoms with E-state index in [-0.39, 0.29) is 11.7 Å². The first-order valence-corrected chi connectivity index (χ1v) is 6.93. The Morgan fingerprint density at radius 1 is 1.47 bits per heavy atom. The second-order valence-electron chi connectivity index (χ2n) is 4.71. The third-order valence-corrected chi connectivity index (χ3v) is 4.16. The highest BCUT2D eigenvalue weighted by Crippen LogP contribution is 2.37. The van der Waals surface area contributed by atoms with E-state index < -0.39 is 0 Å². The van der Waals surface area contributed by atoms with E-state index in [0.29, 0.717) is 5.92 Å². The lowest BCUT2D eigenvalue weighted by atomic mass is 10.2. The standard InChI is InChI=1S/C13H13BrN4O/c1-7-3-2-4-9(10(7)14)15-13(19)12-16-11(17-18-12)8-5-6-8/h2-4,8H,5-6H2,1H3,(H,15,19)(H,16,17,18). The minimum atomic E-state index is -0.297. The fraction of sp³-hybridized carbons (Fsp3) is 0.308. The molecule has 2 N–H and O–H groups in total. The molecule has 0 aliphatic heterocycles. The molecular formula is C13H13BrN4O. The second-order valence-corrected chi connectivity index (χ2v) is 5.50. The first kappa shape index (κ1) is 12.3. The zero-order valence-electron chi connectivity index (χ0n) is 10.4. The van der Waals surface area contributed by atoms with Crippen LogP contribution in [0.4, 0.5) is 5.69 Å². The number of amides is 1. The molecule has 1 aromatic carbocycles. The number of H-pyrrole nitrogens is 1. The van der Waals surface area contributed by atoms with Crippen molar-refractivity contribution in [2.75, 3.05) is 5.32 Å². The lowest BCUT2D eigenvalue weighted by molar-refractivity contribution is 0.101. The van der Waals surface area contributed by atoms with Gasteiger partial charge in [0.25, 0.3) is 5.91 Å². The highest BCUT2D eigenvalue weighted by atomic mass is 79.9. The van der Waals surface area contributed by atoms with Gasteiger partial charge in [0.1, 0.15) is 5.82 Å². The summed E-state index contributed by atoms with van der Waals surface area (Å²) >= 11 is 3.46. The molecule has 1 amide bonds. The van der Waals surface area contributed by atoms with Gasteiger partial charge >= 0.3 is 0 Å². The molecule has 6 heteroatoms. The number of hydrogen-bond donors (Lipinski definition) is 2. The Hall–Kier alpha value is -1.69. The number of carbonyl (C=O) groups is 1. The van der Waals surface area contributed by atoms with Crippen molar-refractivity contribution in [1.82, 2.24) is 15.2 Å². The fourth-order valence-corrected chi connectivity index (χ4v) is 2.20. The van der Waals surface area contributed by atoms with E-state index in [1.807, 2.05) is 25.1 Å². The Morgan fingerprint density at radius 3 is 3.00 bits per heavy atom. The number of halogens is 1. The molecule has 1 aromatic heterocycles. The number of aryl methyl sites for hydroxylation is 1. The van der Waals surface area contributed by atoms with Crippen molar-refractivity contribution < 1.29 is 4.79 Å². The van der Waals surface area contributed by atoms with Crippen molar-refractivity contribution in [3.8, 4) is 0 Å². The maximum absolute atomic E-state index is 12.1. The van der Waals surface area contributed by atoms with Gasteiger partial charge in [0.05, 0.1) is 5.69 Å². The summed E-state index contributed by atoms with van der Waals surface area (Å²) in [5.41, 5.74) is 1.79. The minimum Gasteiger partial charge on any atom is -0.318 e. The molecule has 0 unspecified atom stereocenters. The Morgan fingerprint density at radius 2 is 2.26 bits per heavy atom. The summed E-state index contributed by atoms with van der Waals surface area (Å²) in [5, 5.41) is 9.60. The van der Waals surface area contributed by atoms with Crippen molar-refractivity contribution in [1.29, 1.82) is 0 Å². The van der Waals surface area contributed by atoms with Crippen LogP contribution in [-0.2, 0) is 0 Å². The van der Waals surface area contributed by atoms with E-state index in [2.05, 4.69) is 36.4 Å². The molecule has 3 rings (SSSR count). The van der Waals surface area contributed by atoms with Crippen LogP contribution in [0.2, 0.25) is 0 Å². The predicted octanol–water partition coefficient (Wildman–Crippen LogP) is 3.01. The average molecular weight is 321 g/mol. The number of anilines is 1. The topological polar surface area (TPSA) is 70.7 Å². The van der Waals surface area contributed by atoms with E-state index in [1.165, 1.54) is 0 Å². The molecule has 0 atom stereocenters. The monoisotopic (exact) mass is 320 g/mol. The number of aromatic nitrogens is 3. The van der Waals surface area contributed by atoms with Crippen LogP contribution in [0.5, 0.6) is 0 Å². The predicted molar refractivity (Wildman–Crippen MR) is 75.2 cm³/mol. The van der Waals surface area contributed by atoms with Crippen LogP contribution < -0.4 is 5.32 Å². The fourth-order valence-electron chi connectivity index (χ4n) is 1.84. The number of rotatable bonds is 3. The summed E-state index contributed by atoms with van der Waals surface area (Å²) in [5.74, 6) is 1.16. The van der Waals surface area contributed by atoms with Gasteiger partial charge in [-0.25, -0.2) is 4.98 Å². The molecule has 0 radical (unpaired) electrons. The third-order valence-electron chi connectivity index (χ3n) is 3.11. The van der Waals surface area contributed by atoms with Crippen molar-refractivity contribution >= 4 is 27.5 Å². The Bertz CT molecular complexity index is 633. The Kier molecular flexibility index (Phi) is 3.10. The Labute approximate surface area is 119 Å². The van der Waals surface area contributed by atoms with Gasteiger partial charge in [0.15, 0.2) is 0 Å². The summed E-state index contributed by atoms with van der Waals surface area (Å²) in [6.45, 7) is 1.97. The average Bonchev–Trinajstić information content (AvgIpc) is 3.12. The quantitative estimate of drug-likeness (QED) is 0.913. The first-order valence-electron chi connectivity index (χ1n) is 6.14. The molecule has 98 valence electrons. The van der Waals surface area contributed by atoms with Crippen molar-refractivity contribution in [2.24, 2.45) is 0 Å². The van der Waals surface area contributed by atoms with E-state index >= 15 is 0 Å². The van der Waals surface area contributed by atoms with Crippen LogP contribution >= 0.6 is 15.9 Å². The maximum Gasteiger partial charge on any atom is 0.295 e. The summed E-state index contributed by atoms with van der Waals surface area (Å²) in [6, 6.07) is 5.70. The van der Waals surface area contributed by atoms with Crippen LogP contribution in [0.15, 0.2) is 22.7 Å². The molecule has 1 saturated carbocycles. The molecule has 2 aromatic rings. The van der Waals surface area contributed by atoms with E-state index in [0.717, 1.165) is 34.4 Å². The summed E-state index contributed by atoms with van der Waals surface area (Å²) in [6.07, 6.45) is 2.25. The highest BCUT2D eigenvalue weighted by Gasteiger charge is 2.28. The highest BCUT2D eigenvalue weighted by molar-refractivity contribution is 9.10. The molecule has 1 heterocycles. The number of benzene rings is 1. The van der Waals surface area contributed by atoms with Gasteiger partial charge in [0, 0.05) is 10.4 Å². The minimum absolute atomic E-state index is 0.190. The van der Waals surface area contributed by atoms with Crippen molar-refractivity contribution in [3.63, 3.8) is 0 Å². The maximum atomic E-state index is 12.1. The van der Waals surface area contributed by atoms with Gasteiger partial charge in [-0.2, -0.15) is 0 Å². The largest absolute Gasteiger partial charge is 0.318 e. The van der Waals surface area contributed by atoms with Gasteiger partial charge < -0.3 is 5.32 Å². The summed E-state index contributed by atoms with van der Waals surface area (Å²) in [4.78, 5) is 16.3. The SMILES string of the molecule is Cc1cccc(NC(=O)c2n[nH]c(C3CC3)n2)c1Br. The van der Waals surface area contributed by atoms with E-state index in [4.69, 9.17) is 0 Å². The number of carbonyl (C=O) groups excluding carboxylic acids is 1. The summed E-state index contributed by atoms with van der Waals surface area (Å²) < 4.78 is 0.876. The third kappa shape index (κ3) is 2.53. The lowest BCUT2D eigenvalue weighted by Gasteiger charge is -2.07. The van der Waals surface area contributed by atoms with Gasteiger partial charge in [-0.15, -0.1) is 5.10 Å². The molecule has 1 aliphatic rings. The van der Waals surface area contributed by atoms with Crippen LogP contribution in [0.25, 0.3) is 0 Å². The van der Waals surface area contributed by atoms with E-state index in [9.17, 15) is 4.79 Å². The smallest absolute Gasteiger partial charge is 0.295 e. The van der Waals surface area contributed by atoms with Crippen LogP contribution in [0.1, 0.15) is 40.8 Å². The van der Waals surface area contributed by atoms with Crippen molar-refractivity contribution in [3.05, 3.63) is 39.9 Å². The van der Waals surface area contributed by atoms with Gasteiger partial charge in [-0.05, 0) is 47.3 Å². The van der Waals surface area contributed by atoms with Crippen LogP contribution in [-0.4, -0.2) is 21.1 Å². The second kappa shape index (κ2) is 4.77. The first-order chi connectivity index (χ1) is 9.15. The lowest BCUT2D eigenvalue weighted by Crippen LogP contribution is -2.14. The molecule has 5 nitrogen and oxygen atoms in total. The molecule has 19 heavy (non-hydrogen) atoms. The number of hydrogen-bond acceptors (Lipinski definition) is 3. The van der Waals surface area contributed by atoms with Gasteiger partial charge in [-0.3, -0.25) is 9.89 Å². The van der Waals surface area contributed by atoms with Crippen LogP contribution in [0.3, 0.4) is 0 Å². The Balaban J connectivity index is 1.78. The zero-order valence-corrected chi connectivity index (χ0v) is 12.0. The van der Waals surface area contributed by atoms with Gasteiger partial charge in [0.2, 0.25) is 5.82 Å². The molecule has 0 spiro atoms. The van der Waals surface area contributed by atoms with Gasteiger partial charge in [-0.1, -0.05) is 12.1 Å². The molecule has 0 bridgehead atoms. The molecule has 0 saturated heterocycles. The molecule has 1 fully saturated rings. The van der Waals surface area contributed by atoms with E-state index in [1.54, 1.807) is 0 Å². The number of aromatic amines is 1. The molecule has 1 aliphatic carbocycles. The zero-order chi connectivity index (χ0) is 13.4. The number of nitrogens with one attached hydrogen (secondary N) is 2. The normalized spacial score (nSPS) is 14.4. The summed E-state index contributed by atoms with van der Waals surface area (Å²) in [7, 11) is 0. The number of nitrogens with zero attached hydrogens (tertiary/aromatic N) is 2.